The lowest BCUT2D eigenvalue weighted by Gasteiger charge is -2.42. The molecule has 0 spiro atoms. The number of hydrogen-bond donors (Lipinski definition) is 2. The van der Waals surface area contributed by atoms with Crippen LogP contribution in [-0.2, 0) is 17.9 Å². The van der Waals surface area contributed by atoms with Gasteiger partial charge in [-0.15, -0.1) is 0 Å². The molecule has 0 bridgehead atoms. The molecule has 0 fully saturated rings. The number of fused-ring (bicyclic) bond motifs is 1. The van der Waals surface area contributed by atoms with Crippen LogP contribution in [0.2, 0.25) is 0 Å². The maximum atomic E-state index is 13.8. The fourth-order valence-electron chi connectivity index (χ4n) is 3.80. The Morgan fingerprint density at radius 2 is 1.84 bits per heavy atom. The maximum absolute atomic E-state index is 13.8. The molecule has 9 heteroatoms. The second kappa shape index (κ2) is 7.73. The summed E-state index contributed by atoms with van der Waals surface area (Å²) >= 11 is 0. The minimum absolute atomic E-state index is 0.116. The van der Waals surface area contributed by atoms with Gasteiger partial charge < -0.3 is 20.5 Å². The van der Waals surface area contributed by atoms with Crippen molar-refractivity contribution in [1.82, 2.24) is 14.5 Å². The number of nitrogens with two attached hydrogens (primary N) is 1. The third kappa shape index (κ3) is 3.88. The Bertz CT molecular complexity index is 1140. The van der Waals surface area contributed by atoms with Crippen LogP contribution in [-0.4, -0.2) is 32.4 Å². The first-order valence-electron chi connectivity index (χ1n) is 9.77. The molecule has 0 radical (unpaired) electrons. The average molecular weight is 429 g/mol. The number of benzene rings is 2. The number of imidazole rings is 1. The number of rotatable bonds is 4. The van der Waals surface area contributed by atoms with Crippen LogP contribution >= 0.6 is 0 Å². The van der Waals surface area contributed by atoms with Crippen LogP contribution in [0, 0.1) is 17.5 Å². The molecule has 2 aromatic carbocycles. The van der Waals surface area contributed by atoms with E-state index in [1.165, 1.54) is 18.2 Å². The van der Waals surface area contributed by atoms with Crippen molar-refractivity contribution in [2.75, 3.05) is 11.9 Å². The zero-order chi connectivity index (χ0) is 22.3. The summed E-state index contributed by atoms with van der Waals surface area (Å²) in [6, 6.07) is 9.34. The number of nitrogens with zero attached hydrogens (tertiary/aromatic N) is 3. The van der Waals surface area contributed by atoms with E-state index < -0.39 is 17.2 Å². The van der Waals surface area contributed by atoms with Gasteiger partial charge in [-0.25, -0.2) is 18.2 Å². The number of amides is 1. The van der Waals surface area contributed by atoms with Crippen molar-refractivity contribution in [2.24, 2.45) is 5.73 Å². The van der Waals surface area contributed by atoms with Crippen molar-refractivity contribution in [3.8, 4) is 11.3 Å². The highest BCUT2D eigenvalue weighted by atomic mass is 19.2. The van der Waals surface area contributed by atoms with Crippen molar-refractivity contribution in [3.63, 3.8) is 0 Å². The Balaban J connectivity index is 1.84. The lowest BCUT2D eigenvalue weighted by atomic mass is 9.99. The third-order valence-electron chi connectivity index (χ3n) is 5.40. The lowest BCUT2D eigenvalue weighted by molar-refractivity contribution is -0.137. The highest BCUT2D eigenvalue weighted by Gasteiger charge is 2.38. The van der Waals surface area contributed by atoms with E-state index >= 15 is 0 Å². The molecule has 31 heavy (non-hydrogen) atoms. The van der Waals surface area contributed by atoms with E-state index in [0.717, 1.165) is 12.1 Å². The van der Waals surface area contributed by atoms with E-state index in [9.17, 15) is 18.0 Å². The Morgan fingerprint density at radius 1 is 1.13 bits per heavy atom. The molecule has 1 aromatic heterocycles. The van der Waals surface area contributed by atoms with Crippen LogP contribution in [0.4, 0.5) is 24.7 Å². The zero-order valence-electron chi connectivity index (χ0n) is 17.1. The quantitative estimate of drug-likeness (QED) is 0.662. The summed E-state index contributed by atoms with van der Waals surface area (Å²) in [5.74, 6) is -1.36. The van der Waals surface area contributed by atoms with E-state index in [2.05, 4.69) is 5.32 Å². The first kappa shape index (κ1) is 20.9. The topological polar surface area (TPSA) is 76.2 Å². The van der Waals surface area contributed by atoms with Crippen molar-refractivity contribution in [3.05, 3.63) is 65.7 Å². The van der Waals surface area contributed by atoms with Crippen LogP contribution in [0.1, 0.15) is 19.7 Å². The molecule has 4 rings (SSSR count). The summed E-state index contributed by atoms with van der Waals surface area (Å²) in [6.07, 6.45) is 0. The summed E-state index contributed by atoms with van der Waals surface area (Å²) in [4.78, 5) is 18.7. The SMILES string of the molecule is CC1(C)Cn2c(nc(-c3ccc(F)cc3)c2Nc2ccc(F)c(F)c2)CN1C(=O)CN. The van der Waals surface area contributed by atoms with Gasteiger partial charge in [-0.2, -0.15) is 0 Å². The van der Waals surface area contributed by atoms with Crippen LogP contribution in [0.15, 0.2) is 42.5 Å². The number of aromatic nitrogens is 2. The van der Waals surface area contributed by atoms with Crippen LogP contribution in [0.25, 0.3) is 11.3 Å². The number of carbonyl (C=O) groups is 1. The number of carbonyl (C=O) groups excluding carboxylic acids is 1. The number of anilines is 2. The maximum Gasteiger partial charge on any atom is 0.237 e. The summed E-state index contributed by atoms with van der Waals surface area (Å²) in [6.45, 7) is 4.35. The van der Waals surface area contributed by atoms with Gasteiger partial charge in [0, 0.05) is 23.9 Å². The molecular formula is C22H22F3N5O. The normalized spacial score (nSPS) is 15.0. The molecule has 1 aliphatic rings. The predicted octanol–water partition coefficient (Wildman–Crippen LogP) is 3.79. The molecule has 0 saturated heterocycles. The molecule has 3 aromatic rings. The molecule has 3 N–H and O–H groups in total. The smallest absolute Gasteiger partial charge is 0.237 e. The first-order chi connectivity index (χ1) is 14.7. The van der Waals surface area contributed by atoms with Crippen molar-refractivity contribution < 1.29 is 18.0 Å². The van der Waals surface area contributed by atoms with E-state index in [0.29, 0.717) is 35.1 Å². The van der Waals surface area contributed by atoms with Gasteiger partial charge in [0.05, 0.1) is 18.6 Å². The molecule has 6 nitrogen and oxygen atoms in total. The summed E-state index contributed by atoms with van der Waals surface area (Å²) in [7, 11) is 0. The van der Waals surface area contributed by atoms with E-state index in [-0.39, 0.29) is 24.8 Å². The number of nitrogens with one attached hydrogen (secondary N) is 1. The van der Waals surface area contributed by atoms with Crippen LogP contribution in [0.3, 0.4) is 0 Å². The molecule has 0 unspecified atom stereocenters. The van der Waals surface area contributed by atoms with Crippen molar-refractivity contribution >= 4 is 17.4 Å². The monoisotopic (exact) mass is 429 g/mol. The zero-order valence-corrected chi connectivity index (χ0v) is 17.1. The highest BCUT2D eigenvalue weighted by Crippen LogP contribution is 2.37. The van der Waals surface area contributed by atoms with Gasteiger partial charge in [-0.3, -0.25) is 4.79 Å². The minimum atomic E-state index is -0.980. The van der Waals surface area contributed by atoms with E-state index in [1.807, 2.05) is 18.4 Å². The molecule has 1 amide bonds. The highest BCUT2D eigenvalue weighted by molar-refractivity contribution is 5.80. The Labute approximate surface area is 177 Å². The van der Waals surface area contributed by atoms with E-state index in [4.69, 9.17) is 10.7 Å². The van der Waals surface area contributed by atoms with Gasteiger partial charge >= 0.3 is 0 Å². The van der Waals surface area contributed by atoms with Crippen LogP contribution < -0.4 is 11.1 Å². The number of hydrogen-bond acceptors (Lipinski definition) is 4. The third-order valence-corrected chi connectivity index (χ3v) is 5.40. The molecule has 0 aliphatic carbocycles. The molecule has 0 saturated carbocycles. The molecule has 162 valence electrons. The van der Waals surface area contributed by atoms with Gasteiger partial charge in [0.2, 0.25) is 5.91 Å². The average Bonchev–Trinajstić information content (AvgIpc) is 3.06. The van der Waals surface area contributed by atoms with Gasteiger partial charge in [0.15, 0.2) is 11.6 Å². The Kier molecular flexibility index (Phi) is 5.22. The molecular weight excluding hydrogens is 407 g/mol. The molecule has 1 aliphatic heterocycles. The van der Waals surface area contributed by atoms with Crippen molar-refractivity contribution in [1.29, 1.82) is 0 Å². The van der Waals surface area contributed by atoms with Crippen molar-refractivity contribution in [2.45, 2.75) is 32.5 Å². The van der Waals surface area contributed by atoms with Gasteiger partial charge in [-0.1, -0.05) is 0 Å². The fraction of sp³-hybridized carbons (Fsp3) is 0.273. The summed E-state index contributed by atoms with van der Waals surface area (Å²) in [5, 5.41) is 3.13. The lowest BCUT2D eigenvalue weighted by Crippen LogP contribution is -2.55. The first-order valence-corrected chi connectivity index (χ1v) is 9.77. The summed E-state index contributed by atoms with van der Waals surface area (Å²) in [5.41, 5.74) is 6.51. The molecule has 0 atom stereocenters. The fourth-order valence-corrected chi connectivity index (χ4v) is 3.80. The molecule has 2 heterocycles. The Hall–Kier alpha value is -3.33. The largest absolute Gasteiger partial charge is 0.340 e. The predicted molar refractivity (Wildman–Crippen MR) is 111 cm³/mol. The van der Waals surface area contributed by atoms with Gasteiger partial charge in [0.1, 0.15) is 23.2 Å². The minimum Gasteiger partial charge on any atom is -0.340 e. The van der Waals surface area contributed by atoms with Gasteiger partial charge in [0.25, 0.3) is 0 Å². The second-order valence-electron chi connectivity index (χ2n) is 8.07. The second-order valence-corrected chi connectivity index (χ2v) is 8.07. The number of halogens is 3. The summed E-state index contributed by atoms with van der Waals surface area (Å²) < 4.78 is 42.5. The Morgan fingerprint density at radius 3 is 2.48 bits per heavy atom. The van der Waals surface area contributed by atoms with Crippen LogP contribution in [0.5, 0.6) is 0 Å². The van der Waals surface area contributed by atoms with Gasteiger partial charge in [-0.05, 0) is 50.2 Å². The van der Waals surface area contributed by atoms with E-state index in [1.54, 1.807) is 17.0 Å². The standard InChI is InChI=1S/C22H22F3N5O/c1-22(2)12-29-18(11-30(22)19(31)10-26)28-20(13-3-5-14(23)6-4-13)21(29)27-15-7-8-16(24)17(25)9-15/h3-9,27H,10-12,26H2,1-2H3.